The molecular formula is C25H25F3N6O2. The van der Waals surface area contributed by atoms with E-state index in [1.165, 1.54) is 12.1 Å². The number of alkyl halides is 2. The number of hydrogen-bond acceptors (Lipinski definition) is 6. The molecule has 188 valence electrons. The first-order valence-corrected chi connectivity index (χ1v) is 11.8. The highest BCUT2D eigenvalue weighted by Crippen LogP contribution is 2.27. The van der Waals surface area contributed by atoms with Gasteiger partial charge in [0.05, 0.1) is 12.2 Å². The largest absolute Gasteiger partial charge is 0.415 e. The molecule has 3 aromatic heterocycles. The lowest BCUT2D eigenvalue weighted by Crippen LogP contribution is -2.42. The van der Waals surface area contributed by atoms with Crippen LogP contribution in [0.2, 0.25) is 0 Å². The molecule has 0 unspecified atom stereocenters. The minimum atomic E-state index is -2.85. The van der Waals surface area contributed by atoms with Crippen LogP contribution < -0.4 is 4.90 Å². The molecule has 4 aromatic rings. The Morgan fingerprint density at radius 1 is 1.19 bits per heavy atom. The number of imidazole rings is 1. The van der Waals surface area contributed by atoms with Gasteiger partial charge >= 0.3 is 6.43 Å². The molecule has 0 aliphatic carbocycles. The smallest absolute Gasteiger partial charge is 0.314 e. The summed E-state index contributed by atoms with van der Waals surface area (Å²) in [5, 5.41) is 7.04. The van der Waals surface area contributed by atoms with Gasteiger partial charge in [-0.3, -0.25) is 4.79 Å². The van der Waals surface area contributed by atoms with Crippen molar-refractivity contribution in [1.82, 2.24) is 24.5 Å². The van der Waals surface area contributed by atoms with Gasteiger partial charge in [-0.25, -0.2) is 9.37 Å². The summed E-state index contributed by atoms with van der Waals surface area (Å²) < 4.78 is 46.5. The van der Waals surface area contributed by atoms with E-state index in [1.54, 1.807) is 46.0 Å². The average molecular weight is 499 g/mol. The van der Waals surface area contributed by atoms with Crippen LogP contribution in [-0.2, 0) is 11.3 Å². The Bertz CT molecular complexity index is 1360. The van der Waals surface area contributed by atoms with E-state index in [1.807, 2.05) is 0 Å². The topological polar surface area (TPSA) is 79.8 Å². The van der Waals surface area contributed by atoms with Gasteiger partial charge in [0.2, 0.25) is 11.8 Å². The van der Waals surface area contributed by atoms with Gasteiger partial charge in [-0.05, 0) is 62.8 Å². The number of likely N-dealkylation sites (tertiary alicyclic amines) is 1. The monoisotopic (exact) mass is 498 g/mol. The van der Waals surface area contributed by atoms with E-state index >= 15 is 0 Å². The number of carbonyl (C=O) groups is 1. The van der Waals surface area contributed by atoms with Crippen molar-refractivity contribution in [2.24, 2.45) is 5.92 Å². The summed E-state index contributed by atoms with van der Waals surface area (Å²) in [6.07, 6.45) is 2.11. The number of nitrogens with zero attached hydrogens (tertiary/aromatic N) is 6. The molecule has 1 fully saturated rings. The average Bonchev–Trinajstić information content (AvgIpc) is 3.54. The molecule has 0 spiro atoms. The second kappa shape index (κ2) is 10.1. The van der Waals surface area contributed by atoms with E-state index in [-0.39, 0.29) is 24.3 Å². The molecule has 4 heterocycles. The Hall–Kier alpha value is -3.73. The van der Waals surface area contributed by atoms with Crippen molar-refractivity contribution in [3.8, 4) is 11.5 Å². The third kappa shape index (κ3) is 4.97. The molecule has 0 radical (unpaired) electrons. The van der Waals surface area contributed by atoms with Crippen molar-refractivity contribution in [3.05, 3.63) is 66.2 Å². The molecule has 1 aliphatic rings. The van der Waals surface area contributed by atoms with E-state index in [9.17, 15) is 18.0 Å². The molecular weight excluding hydrogens is 473 g/mol. The van der Waals surface area contributed by atoms with E-state index in [0.717, 1.165) is 32.5 Å². The van der Waals surface area contributed by atoms with Crippen LogP contribution in [0.1, 0.15) is 37.8 Å². The number of fused-ring (bicyclic) bond motifs is 1. The third-order valence-electron chi connectivity index (χ3n) is 6.47. The number of anilines is 1. The van der Waals surface area contributed by atoms with Gasteiger partial charge < -0.3 is 18.6 Å². The molecule has 8 nitrogen and oxygen atoms in total. The fourth-order valence-electron chi connectivity index (χ4n) is 4.50. The zero-order valence-electron chi connectivity index (χ0n) is 19.6. The normalized spacial score (nSPS) is 15.1. The first-order valence-electron chi connectivity index (χ1n) is 11.8. The molecule has 1 amide bonds. The van der Waals surface area contributed by atoms with Gasteiger partial charge in [-0.1, -0.05) is 13.0 Å². The highest BCUT2D eigenvalue weighted by Gasteiger charge is 2.30. The number of carbonyl (C=O) groups excluding carboxylic acids is 1. The van der Waals surface area contributed by atoms with Gasteiger partial charge in [-0.2, -0.15) is 8.78 Å². The minimum absolute atomic E-state index is 0.0349. The number of amides is 1. The molecule has 1 aromatic carbocycles. The maximum absolute atomic E-state index is 14.1. The Balaban J connectivity index is 1.42. The van der Waals surface area contributed by atoms with E-state index < -0.39 is 18.1 Å². The number of aromatic nitrogens is 4. The van der Waals surface area contributed by atoms with Crippen LogP contribution in [0, 0.1) is 11.7 Å². The van der Waals surface area contributed by atoms with Crippen molar-refractivity contribution in [3.63, 3.8) is 0 Å². The summed E-state index contributed by atoms with van der Waals surface area (Å²) in [5.74, 6) is -1.41. The van der Waals surface area contributed by atoms with Crippen LogP contribution in [0.25, 0.3) is 17.1 Å². The Morgan fingerprint density at radius 2 is 2.00 bits per heavy atom. The fourth-order valence-corrected chi connectivity index (χ4v) is 4.50. The van der Waals surface area contributed by atoms with Crippen molar-refractivity contribution in [2.45, 2.75) is 32.7 Å². The quantitative estimate of drug-likeness (QED) is 0.367. The molecule has 1 aliphatic heterocycles. The van der Waals surface area contributed by atoms with Crippen molar-refractivity contribution >= 4 is 17.2 Å². The second-order valence-corrected chi connectivity index (χ2v) is 8.77. The van der Waals surface area contributed by atoms with E-state index in [2.05, 4.69) is 27.0 Å². The Kier molecular flexibility index (Phi) is 6.73. The number of hydrogen-bond donors (Lipinski definition) is 0. The summed E-state index contributed by atoms with van der Waals surface area (Å²) in [7, 11) is 0. The second-order valence-electron chi connectivity index (χ2n) is 8.77. The van der Waals surface area contributed by atoms with E-state index in [0.29, 0.717) is 22.6 Å². The van der Waals surface area contributed by atoms with Crippen LogP contribution in [-0.4, -0.2) is 50.0 Å². The molecule has 36 heavy (non-hydrogen) atoms. The predicted octanol–water partition coefficient (Wildman–Crippen LogP) is 4.73. The SMILES string of the molecule is CCN1CCC(C(=O)N(Cc2cn3ccc(-c4nnc(C(F)F)o4)cc3n2)c2cccc(F)c2)CC1. The first kappa shape index (κ1) is 24.0. The fraction of sp³-hybridized carbons (Fsp3) is 0.360. The highest BCUT2D eigenvalue weighted by molar-refractivity contribution is 5.95. The standard InChI is InChI=1S/C25H25F3N6O2/c1-2-32-9-6-16(7-10-32)25(35)34(20-5-3-4-18(26)13-20)15-19-14-33-11-8-17(12-21(33)29-19)23-30-31-24(36-23)22(27)28/h3-5,8,11-14,16,22H,2,6-7,9-10,15H2,1H3. The number of benzene rings is 1. The number of piperidine rings is 1. The van der Waals surface area contributed by atoms with Gasteiger partial charge in [0.1, 0.15) is 11.5 Å². The van der Waals surface area contributed by atoms with Crippen LogP contribution >= 0.6 is 0 Å². The molecule has 0 bridgehead atoms. The van der Waals surface area contributed by atoms with Gasteiger partial charge in [0.25, 0.3) is 5.89 Å². The molecule has 0 saturated carbocycles. The summed E-state index contributed by atoms with van der Waals surface area (Å²) >= 11 is 0. The molecule has 0 atom stereocenters. The number of rotatable bonds is 7. The maximum Gasteiger partial charge on any atom is 0.314 e. The third-order valence-corrected chi connectivity index (χ3v) is 6.47. The first-order chi connectivity index (χ1) is 17.4. The summed E-state index contributed by atoms with van der Waals surface area (Å²) in [6.45, 7) is 4.91. The van der Waals surface area contributed by atoms with Gasteiger partial charge in [0.15, 0.2) is 0 Å². The Morgan fingerprint density at radius 3 is 2.69 bits per heavy atom. The zero-order chi connectivity index (χ0) is 25.2. The number of halogens is 3. The van der Waals surface area contributed by atoms with Crippen molar-refractivity contribution in [1.29, 1.82) is 0 Å². The lowest BCUT2D eigenvalue weighted by Gasteiger charge is -2.33. The van der Waals surface area contributed by atoms with Crippen molar-refractivity contribution in [2.75, 3.05) is 24.5 Å². The van der Waals surface area contributed by atoms with Gasteiger partial charge in [0, 0.05) is 29.6 Å². The van der Waals surface area contributed by atoms with Crippen LogP contribution in [0.5, 0.6) is 0 Å². The Labute approximate surface area is 205 Å². The maximum atomic E-state index is 14.1. The van der Waals surface area contributed by atoms with Crippen LogP contribution in [0.3, 0.4) is 0 Å². The van der Waals surface area contributed by atoms with E-state index in [4.69, 9.17) is 4.42 Å². The zero-order valence-corrected chi connectivity index (χ0v) is 19.6. The van der Waals surface area contributed by atoms with Crippen molar-refractivity contribution < 1.29 is 22.4 Å². The summed E-state index contributed by atoms with van der Waals surface area (Å²) in [4.78, 5) is 22.1. The summed E-state index contributed by atoms with van der Waals surface area (Å²) in [6, 6.07) is 9.28. The van der Waals surface area contributed by atoms with Crippen LogP contribution in [0.4, 0.5) is 18.9 Å². The molecule has 0 N–H and O–H groups in total. The lowest BCUT2D eigenvalue weighted by molar-refractivity contribution is -0.123. The van der Waals surface area contributed by atoms with Gasteiger partial charge in [-0.15, -0.1) is 10.2 Å². The number of pyridine rings is 1. The molecule has 11 heteroatoms. The molecule has 1 saturated heterocycles. The predicted molar refractivity (Wildman–Crippen MR) is 126 cm³/mol. The molecule has 5 rings (SSSR count). The minimum Gasteiger partial charge on any atom is -0.415 e. The highest BCUT2D eigenvalue weighted by atomic mass is 19.3. The lowest BCUT2D eigenvalue weighted by atomic mass is 9.95. The van der Waals surface area contributed by atoms with Crippen LogP contribution in [0.15, 0.2) is 53.2 Å². The summed E-state index contributed by atoms with van der Waals surface area (Å²) in [5.41, 5.74) is 2.03.